The molecule has 0 saturated carbocycles. The van der Waals surface area contributed by atoms with Crippen LogP contribution >= 0.6 is 0 Å². The minimum atomic E-state index is -0.471. The predicted molar refractivity (Wildman–Crippen MR) is 110 cm³/mol. The van der Waals surface area contributed by atoms with E-state index >= 15 is 0 Å². The molecule has 1 aromatic rings. The van der Waals surface area contributed by atoms with Crippen LogP contribution in [0.5, 0.6) is 0 Å². The van der Waals surface area contributed by atoms with Crippen LogP contribution in [0.4, 0.5) is 4.79 Å². The van der Waals surface area contributed by atoms with E-state index in [2.05, 4.69) is 48.7 Å². The largest absolute Gasteiger partial charge is 0.443 e. The van der Waals surface area contributed by atoms with Gasteiger partial charge in [-0.25, -0.2) is 4.79 Å². The topological polar surface area (TPSA) is 41.6 Å². The molecule has 0 aromatic heterocycles. The lowest BCUT2D eigenvalue weighted by molar-refractivity contribution is 0.0278. The Balaban J connectivity index is 1.59. The summed E-state index contributed by atoms with van der Waals surface area (Å²) in [5.74, 6) is 0.505. The van der Waals surface area contributed by atoms with E-state index < -0.39 is 5.60 Å². The standard InChI is InChI=1S/C23H32N2O2/c1-17(13-18-9-6-5-7-10-18)15-24-16-20-14-19-11-8-12-21(19)25(20)22(26)27-23(2,3)4/h5-7,9-10,12-13,19-20,24H,8,11,14-16H2,1-4H3/t19?,20-/m0/s1. The first-order valence-corrected chi connectivity index (χ1v) is 9.99. The molecule has 3 rings (SSSR count). The smallest absolute Gasteiger partial charge is 0.414 e. The van der Waals surface area contributed by atoms with Gasteiger partial charge in [0, 0.05) is 24.7 Å². The van der Waals surface area contributed by atoms with Gasteiger partial charge in [0.15, 0.2) is 0 Å². The maximum atomic E-state index is 12.8. The summed E-state index contributed by atoms with van der Waals surface area (Å²) >= 11 is 0. The van der Waals surface area contributed by atoms with Crippen LogP contribution in [-0.4, -0.2) is 35.7 Å². The molecule has 1 amide bonds. The molecule has 1 N–H and O–H groups in total. The van der Waals surface area contributed by atoms with Crippen LogP contribution in [0.25, 0.3) is 6.08 Å². The zero-order valence-electron chi connectivity index (χ0n) is 17.0. The van der Waals surface area contributed by atoms with Crippen molar-refractivity contribution in [2.75, 3.05) is 13.1 Å². The Kier molecular flexibility index (Phi) is 6.05. The van der Waals surface area contributed by atoms with Gasteiger partial charge < -0.3 is 10.1 Å². The summed E-state index contributed by atoms with van der Waals surface area (Å²) in [6.45, 7) is 9.51. The van der Waals surface area contributed by atoms with Gasteiger partial charge in [0.25, 0.3) is 0 Å². The van der Waals surface area contributed by atoms with Gasteiger partial charge in [-0.05, 0) is 52.5 Å². The summed E-state index contributed by atoms with van der Waals surface area (Å²) in [5, 5.41) is 3.54. The van der Waals surface area contributed by atoms with Gasteiger partial charge in [0.2, 0.25) is 0 Å². The molecule has 1 aliphatic heterocycles. The summed E-state index contributed by atoms with van der Waals surface area (Å²) in [4.78, 5) is 14.7. The van der Waals surface area contributed by atoms with Crippen molar-refractivity contribution in [1.82, 2.24) is 10.2 Å². The fourth-order valence-electron chi connectivity index (χ4n) is 3.99. The van der Waals surface area contributed by atoms with Gasteiger partial charge in [-0.1, -0.05) is 48.1 Å². The first-order valence-electron chi connectivity index (χ1n) is 9.99. The van der Waals surface area contributed by atoms with E-state index in [0.717, 1.165) is 32.4 Å². The molecule has 1 saturated heterocycles. The SMILES string of the molecule is CC(=Cc1ccccc1)CNC[C@@H]1CC2CCC=C2N1C(=O)OC(C)(C)C. The monoisotopic (exact) mass is 368 g/mol. The Morgan fingerprint density at radius 1 is 1.30 bits per heavy atom. The summed E-state index contributed by atoms with van der Waals surface area (Å²) < 4.78 is 5.67. The molecule has 1 aliphatic carbocycles. The molecular formula is C23H32N2O2. The van der Waals surface area contributed by atoms with E-state index in [1.807, 2.05) is 31.7 Å². The van der Waals surface area contributed by atoms with E-state index in [-0.39, 0.29) is 12.1 Å². The lowest BCUT2D eigenvalue weighted by atomic mass is 10.0. The zero-order valence-corrected chi connectivity index (χ0v) is 17.0. The van der Waals surface area contributed by atoms with Crippen molar-refractivity contribution in [2.45, 2.75) is 58.6 Å². The van der Waals surface area contributed by atoms with Crippen LogP contribution in [-0.2, 0) is 4.74 Å². The molecule has 2 atom stereocenters. The zero-order chi connectivity index (χ0) is 19.4. The van der Waals surface area contributed by atoms with Crippen LogP contribution in [0, 0.1) is 5.92 Å². The quantitative estimate of drug-likeness (QED) is 0.797. The summed E-state index contributed by atoms with van der Waals surface area (Å²) in [5.41, 5.74) is 3.20. The number of ether oxygens (including phenoxy) is 1. The fraction of sp³-hybridized carbons (Fsp3) is 0.522. The second kappa shape index (κ2) is 8.30. The average molecular weight is 369 g/mol. The van der Waals surface area contributed by atoms with E-state index in [0.29, 0.717) is 5.92 Å². The number of rotatable bonds is 5. The minimum Gasteiger partial charge on any atom is -0.443 e. The normalized spacial score (nSPS) is 22.6. The number of likely N-dealkylation sites (tertiary alicyclic amines) is 1. The van der Waals surface area contributed by atoms with Crippen LogP contribution < -0.4 is 5.32 Å². The van der Waals surface area contributed by atoms with Crippen LogP contribution in [0.1, 0.15) is 52.5 Å². The van der Waals surface area contributed by atoms with Crippen LogP contribution in [0.2, 0.25) is 0 Å². The van der Waals surface area contributed by atoms with Gasteiger partial charge >= 0.3 is 6.09 Å². The Bertz CT molecular complexity index is 716. The van der Waals surface area contributed by atoms with Crippen molar-refractivity contribution in [1.29, 1.82) is 0 Å². The highest BCUT2D eigenvalue weighted by Crippen LogP contribution is 2.41. The van der Waals surface area contributed by atoms with Gasteiger partial charge in [-0.15, -0.1) is 0 Å². The number of allylic oxidation sites excluding steroid dienone is 2. The highest BCUT2D eigenvalue weighted by Gasteiger charge is 2.42. The van der Waals surface area contributed by atoms with E-state index in [1.54, 1.807) is 0 Å². The molecule has 1 heterocycles. The van der Waals surface area contributed by atoms with Crippen molar-refractivity contribution in [3.05, 3.63) is 53.2 Å². The van der Waals surface area contributed by atoms with Crippen molar-refractivity contribution in [2.24, 2.45) is 5.92 Å². The Hall–Kier alpha value is -2.07. The Morgan fingerprint density at radius 3 is 2.74 bits per heavy atom. The molecule has 0 spiro atoms. The molecule has 4 nitrogen and oxygen atoms in total. The third-order valence-electron chi connectivity index (χ3n) is 5.07. The molecule has 0 radical (unpaired) electrons. The van der Waals surface area contributed by atoms with Gasteiger partial charge in [0.05, 0.1) is 6.04 Å². The number of carbonyl (C=O) groups excluding carboxylic acids is 1. The number of amides is 1. The summed E-state index contributed by atoms with van der Waals surface area (Å²) in [6, 6.07) is 10.5. The van der Waals surface area contributed by atoms with E-state index in [1.165, 1.54) is 16.8 Å². The number of hydrogen-bond donors (Lipinski definition) is 1. The average Bonchev–Trinajstić information content (AvgIpc) is 3.14. The maximum Gasteiger partial charge on any atom is 0.414 e. The molecule has 0 bridgehead atoms. The van der Waals surface area contributed by atoms with Crippen molar-refractivity contribution in [3.63, 3.8) is 0 Å². The van der Waals surface area contributed by atoms with Crippen LogP contribution in [0.15, 0.2) is 47.7 Å². The number of benzene rings is 1. The number of fused-ring (bicyclic) bond motifs is 1. The van der Waals surface area contributed by atoms with Crippen molar-refractivity contribution in [3.8, 4) is 0 Å². The number of nitrogens with zero attached hydrogens (tertiary/aromatic N) is 1. The highest BCUT2D eigenvalue weighted by molar-refractivity contribution is 5.72. The van der Waals surface area contributed by atoms with Gasteiger partial charge in [-0.3, -0.25) is 4.90 Å². The minimum absolute atomic E-state index is 0.168. The Morgan fingerprint density at radius 2 is 2.04 bits per heavy atom. The molecular weight excluding hydrogens is 336 g/mol. The summed E-state index contributed by atoms with van der Waals surface area (Å²) in [7, 11) is 0. The second-order valence-corrected chi connectivity index (χ2v) is 8.68. The number of carbonyl (C=O) groups is 1. The number of hydrogen-bond acceptors (Lipinski definition) is 3. The second-order valence-electron chi connectivity index (χ2n) is 8.68. The molecule has 1 fully saturated rings. The lowest BCUT2D eigenvalue weighted by Crippen LogP contribution is -2.43. The molecule has 1 aromatic carbocycles. The van der Waals surface area contributed by atoms with Crippen LogP contribution in [0.3, 0.4) is 0 Å². The third kappa shape index (κ3) is 5.23. The first-order chi connectivity index (χ1) is 12.8. The van der Waals surface area contributed by atoms with Crippen molar-refractivity contribution >= 4 is 12.2 Å². The first kappa shape index (κ1) is 19.7. The summed E-state index contributed by atoms with van der Waals surface area (Å²) in [6.07, 6.45) is 7.46. The van der Waals surface area contributed by atoms with Gasteiger partial charge in [0.1, 0.15) is 5.60 Å². The van der Waals surface area contributed by atoms with E-state index in [9.17, 15) is 4.79 Å². The number of nitrogens with one attached hydrogen (secondary N) is 1. The maximum absolute atomic E-state index is 12.8. The molecule has 1 unspecified atom stereocenters. The molecule has 27 heavy (non-hydrogen) atoms. The lowest BCUT2D eigenvalue weighted by Gasteiger charge is -2.29. The molecule has 2 aliphatic rings. The molecule has 146 valence electrons. The predicted octanol–water partition coefficient (Wildman–Crippen LogP) is 4.98. The highest BCUT2D eigenvalue weighted by atomic mass is 16.6. The fourth-order valence-corrected chi connectivity index (χ4v) is 3.99. The van der Waals surface area contributed by atoms with Crippen molar-refractivity contribution < 1.29 is 9.53 Å². The third-order valence-corrected chi connectivity index (χ3v) is 5.07. The molecule has 4 heteroatoms. The van der Waals surface area contributed by atoms with Gasteiger partial charge in [-0.2, -0.15) is 0 Å². The Labute approximate surface area is 163 Å². The van der Waals surface area contributed by atoms with E-state index in [4.69, 9.17) is 4.74 Å².